The van der Waals surface area contributed by atoms with Gasteiger partial charge in [-0.1, -0.05) is 24.3 Å². The smallest absolute Gasteiger partial charge is 0.270 e. The largest absolute Gasteiger partial charge is 0.369 e. The molecule has 1 aliphatic heterocycles. The first-order valence-corrected chi connectivity index (χ1v) is 9.54. The monoisotopic (exact) mass is 368 g/mol. The zero-order valence-electron chi connectivity index (χ0n) is 14.5. The van der Waals surface area contributed by atoms with Gasteiger partial charge in [-0.3, -0.25) is 14.6 Å². The third-order valence-corrected chi connectivity index (χ3v) is 5.94. The molecule has 4 rings (SSSR count). The zero-order chi connectivity index (χ0) is 18.3. The number of nitrogens with two attached hydrogens (primary N) is 1. The number of nitrogens with one attached hydrogen (secondary N) is 1. The summed E-state index contributed by atoms with van der Waals surface area (Å²) in [6.45, 7) is 3.30. The van der Waals surface area contributed by atoms with Crippen LogP contribution < -0.4 is 16.2 Å². The van der Waals surface area contributed by atoms with Crippen LogP contribution in [0, 0.1) is 12.8 Å². The Kier molecular flexibility index (Phi) is 4.24. The van der Waals surface area contributed by atoms with E-state index in [4.69, 9.17) is 10.7 Å². The molecule has 0 aliphatic carbocycles. The van der Waals surface area contributed by atoms with E-state index in [1.54, 1.807) is 0 Å². The van der Waals surface area contributed by atoms with Crippen LogP contribution in [-0.2, 0) is 4.79 Å². The van der Waals surface area contributed by atoms with E-state index in [-0.39, 0.29) is 17.4 Å². The summed E-state index contributed by atoms with van der Waals surface area (Å²) in [5, 5.41) is 1.99. The lowest BCUT2D eigenvalue weighted by Crippen LogP contribution is -2.42. The maximum atomic E-state index is 12.6. The molecule has 0 saturated carbocycles. The summed E-state index contributed by atoms with van der Waals surface area (Å²) in [5.74, 6) is 0.0130. The number of amides is 1. The molecule has 134 valence electrons. The van der Waals surface area contributed by atoms with E-state index in [1.807, 2.05) is 28.5 Å². The summed E-state index contributed by atoms with van der Waals surface area (Å²) in [7, 11) is 0. The van der Waals surface area contributed by atoms with E-state index >= 15 is 0 Å². The second-order valence-electron chi connectivity index (χ2n) is 6.72. The van der Waals surface area contributed by atoms with Gasteiger partial charge in [0.1, 0.15) is 4.70 Å². The number of aryl methyl sites for hydroxylation is 1. The number of benzene rings is 1. The van der Waals surface area contributed by atoms with Gasteiger partial charge in [-0.15, -0.1) is 11.3 Å². The molecule has 3 N–H and O–H groups in total. The fraction of sp³-hybridized carbons (Fsp3) is 0.316. The number of H-pyrrole nitrogens is 1. The van der Waals surface area contributed by atoms with E-state index in [0.29, 0.717) is 22.7 Å². The SMILES string of the molecule is Cc1ccccc1-c1csc2c(=O)[nH]c(N3CCCC(C(N)=O)C3)nc12. The van der Waals surface area contributed by atoms with Crippen molar-refractivity contribution in [1.82, 2.24) is 9.97 Å². The normalized spacial score (nSPS) is 17.6. The summed E-state index contributed by atoms with van der Waals surface area (Å²) in [6.07, 6.45) is 1.63. The molecule has 6 nitrogen and oxygen atoms in total. The second kappa shape index (κ2) is 6.57. The first-order chi connectivity index (χ1) is 12.5. The summed E-state index contributed by atoms with van der Waals surface area (Å²) in [5.41, 5.74) is 9.23. The van der Waals surface area contributed by atoms with Gasteiger partial charge in [0.15, 0.2) is 0 Å². The summed E-state index contributed by atoms with van der Waals surface area (Å²) in [6, 6.07) is 8.08. The third-order valence-electron chi connectivity index (χ3n) is 4.97. The standard InChI is InChI=1S/C19H20N4O2S/c1-11-5-2-3-7-13(11)14-10-26-16-15(14)21-19(22-18(16)25)23-8-4-6-12(9-23)17(20)24/h2-3,5,7,10,12H,4,6,8-9H2,1H3,(H2,20,24)(H,21,22,25). The molecule has 1 fully saturated rings. The van der Waals surface area contributed by atoms with Gasteiger partial charge in [0, 0.05) is 24.0 Å². The van der Waals surface area contributed by atoms with Crippen LogP contribution in [-0.4, -0.2) is 29.0 Å². The van der Waals surface area contributed by atoms with Crippen molar-refractivity contribution >= 4 is 33.4 Å². The van der Waals surface area contributed by atoms with Crippen LogP contribution in [0.25, 0.3) is 21.3 Å². The van der Waals surface area contributed by atoms with Crippen molar-refractivity contribution in [1.29, 1.82) is 0 Å². The van der Waals surface area contributed by atoms with Gasteiger partial charge in [-0.25, -0.2) is 4.98 Å². The van der Waals surface area contributed by atoms with Gasteiger partial charge in [-0.05, 0) is 30.9 Å². The third kappa shape index (κ3) is 2.88. The minimum atomic E-state index is -0.297. The molecular weight excluding hydrogens is 348 g/mol. The van der Waals surface area contributed by atoms with Crippen molar-refractivity contribution in [2.75, 3.05) is 18.0 Å². The van der Waals surface area contributed by atoms with E-state index in [9.17, 15) is 9.59 Å². The van der Waals surface area contributed by atoms with Crippen molar-refractivity contribution in [3.8, 4) is 11.1 Å². The topological polar surface area (TPSA) is 92.1 Å². The number of piperidine rings is 1. The molecule has 0 radical (unpaired) electrons. The predicted octanol–water partition coefficient (Wildman–Crippen LogP) is 2.66. The van der Waals surface area contributed by atoms with Crippen molar-refractivity contribution in [2.24, 2.45) is 11.7 Å². The number of hydrogen-bond donors (Lipinski definition) is 2. The number of aromatic amines is 1. The van der Waals surface area contributed by atoms with Gasteiger partial charge >= 0.3 is 0 Å². The Morgan fingerprint density at radius 3 is 2.92 bits per heavy atom. The molecular formula is C19H20N4O2S. The molecule has 3 aromatic rings. The predicted molar refractivity (Wildman–Crippen MR) is 105 cm³/mol. The molecule has 1 saturated heterocycles. The highest BCUT2D eigenvalue weighted by atomic mass is 32.1. The van der Waals surface area contributed by atoms with Crippen LogP contribution in [0.5, 0.6) is 0 Å². The Bertz CT molecular complexity index is 1040. The van der Waals surface area contributed by atoms with Crippen LogP contribution in [0.4, 0.5) is 5.95 Å². The Morgan fingerprint density at radius 2 is 2.15 bits per heavy atom. The minimum absolute atomic E-state index is 0.143. The minimum Gasteiger partial charge on any atom is -0.369 e. The number of hydrogen-bond acceptors (Lipinski definition) is 5. The Balaban J connectivity index is 1.81. The van der Waals surface area contributed by atoms with Gasteiger partial charge in [-0.2, -0.15) is 0 Å². The highest BCUT2D eigenvalue weighted by molar-refractivity contribution is 7.17. The first-order valence-electron chi connectivity index (χ1n) is 8.66. The number of thiophene rings is 1. The van der Waals surface area contributed by atoms with Crippen LogP contribution in [0.1, 0.15) is 18.4 Å². The fourth-order valence-corrected chi connectivity index (χ4v) is 4.43. The second-order valence-corrected chi connectivity index (χ2v) is 7.60. The van der Waals surface area contributed by atoms with Crippen molar-refractivity contribution < 1.29 is 4.79 Å². The van der Waals surface area contributed by atoms with Gasteiger partial charge in [0.2, 0.25) is 11.9 Å². The van der Waals surface area contributed by atoms with Crippen molar-refractivity contribution in [3.05, 3.63) is 45.6 Å². The molecule has 1 aliphatic rings. The Morgan fingerprint density at radius 1 is 1.35 bits per heavy atom. The summed E-state index contributed by atoms with van der Waals surface area (Å²) >= 11 is 1.41. The highest BCUT2D eigenvalue weighted by Gasteiger charge is 2.26. The van der Waals surface area contributed by atoms with E-state index in [0.717, 1.165) is 36.1 Å². The van der Waals surface area contributed by atoms with Crippen LogP contribution in [0.3, 0.4) is 0 Å². The molecule has 1 amide bonds. The van der Waals surface area contributed by atoms with Gasteiger partial charge < -0.3 is 10.6 Å². The van der Waals surface area contributed by atoms with E-state index in [1.165, 1.54) is 11.3 Å². The van der Waals surface area contributed by atoms with Crippen LogP contribution >= 0.6 is 11.3 Å². The Labute approximate surface area is 154 Å². The molecule has 7 heteroatoms. The highest BCUT2D eigenvalue weighted by Crippen LogP contribution is 2.33. The van der Waals surface area contributed by atoms with Crippen molar-refractivity contribution in [2.45, 2.75) is 19.8 Å². The zero-order valence-corrected chi connectivity index (χ0v) is 15.3. The summed E-state index contributed by atoms with van der Waals surface area (Å²) in [4.78, 5) is 33.7. The lowest BCUT2D eigenvalue weighted by Gasteiger charge is -2.31. The first kappa shape index (κ1) is 16.8. The van der Waals surface area contributed by atoms with Crippen LogP contribution in [0.15, 0.2) is 34.4 Å². The number of carbonyl (C=O) groups is 1. The van der Waals surface area contributed by atoms with Gasteiger partial charge in [0.05, 0.1) is 11.4 Å². The molecule has 0 bridgehead atoms. The van der Waals surface area contributed by atoms with Crippen molar-refractivity contribution in [3.63, 3.8) is 0 Å². The van der Waals surface area contributed by atoms with E-state index in [2.05, 4.69) is 18.0 Å². The fourth-order valence-electron chi connectivity index (χ4n) is 3.53. The number of fused-ring (bicyclic) bond motifs is 1. The number of primary amides is 1. The molecule has 26 heavy (non-hydrogen) atoms. The number of nitrogens with zero attached hydrogens (tertiary/aromatic N) is 2. The average molecular weight is 368 g/mol. The number of rotatable bonds is 3. The molecule has 0 spiro atoms. The van der Waals surface area contributed by atoms with E-state index < -0.39 is 0 Å². The average Bonchev–Trinajstić information content (AvgIpc) is 3.06. The maximum Gasteiger partial charge on any atom is 0.270 e. The number of carbonyl (C=O) groups excluding carboxylic acids is 1. The molecule has 1 atom stereocenters. The molecule has 2 aromatic heterocycles. The van der Waals surface area contributed by atoms with Crippen LogP contribution in [0.2, 0.25) is 0 Å². The quantitative estimate of drug-likeness (QED) is 0.743. The number of anilines is 1. The lowest BCUT2D eigenvalue weighted by atomic mass is 9.98. The summed E-state index contributed by atoms with van der Waals surface area (Å²) < 4.78 is 0.621. The number of aromatic nitrogens is 2. The maximum absolute atomic E-state index is 12.6. The molecule has 3 heterocycles. The Hall–Kier alpha value is -2.67. The lowest BCUT2D eigenvalue weighted by molar-refractivity contribution is -0.122. The van der Waals surface area contributed by atoms with Gasteiger partial charge in [0.25, 0.3) is 5.56 Å². The molecule has 1 aromatic carbocycles. The molecule has 1 unspecified atom stereocenters.